The minimum atomic E-state index is -4.38. The summed E-state index contributed by atoms with van der Waals surface area (Å²) < 4.78 is 42.3. The number of rotatable bonds is 5. The van der Waals surface area contributed by atoms with Crippen molar-refractivity contribution in [3.63, 3.8) is 0 Å². The van der Waals surface area contributed by atoms with E-state index < -0.39 is 17.6 Å². The lowest BCUT2D eigenvalue weighted by Gasteiger charge is -2.12. The van der Waals surface area contributed by atoms with Crippen LogP contribution in [0.4, 0.5) is 23.7 Å². The van der Waals surface area contributed by atoms with Crippen molar-refractivity contribution < 1.29 is 22.5 Å². The Labute approximate surface area is 145 Å². The van der Waals surface area contributed by atoms with Crippen LogP contribution in [0, 0.1) is 0 Å². The number of hydrogen-bond acceptors (Lipinski definition) is 5. The average molecular weight is 372 g/mol. The van der Waals surface area contributed by atoms with Crippen LogP contribution in [-0.4, -0.2) is 21.7 Å². The summed E-state index contributed by atoms with van der Waals surface area (Å²) >= 11 is -0.241. The molecule has 0 aliphatic heterocycles. The summed E-state index contributed by atoms with van der Waals surface area (Å²) in [6.07, 6.45) is 2.07. The average Bonchev–Trinajstić information content (AvgIpc) is 3.22. The Hall–Kier alpha value is -2.23. The Bertz CT molecular complexity index is 761. The molecule has 1 saturated carbocycles. The van der Waals surface area contributed by atoms with Crippen LogP contribution in [0.5, 0.6) is 0 Å². The van der Waals surface area contributed by atoms with E-state index in [9.17, 15) is 18.0 Å². The molecule has 0 saturated heterocycles. The number of urea groups is 1. The maximum atomic E-state index is 12.4. The lowest BCUT2D eigenvalue weighted by molar-refractivity contribution is -0.0328. The number of benzene rings is 1. The van der Waals surface area contributed by atoms with E-state index in [4.69, 9.17) is 4.52 Å². The molecule has 2 N–H and O–H groups in total. The highest BCUT2D eigenvalue weighted by Gasteiger charge is 2.30. The van der Waals surface area contributed by atoms with E-state index in [0.29, 0.717) is 17.6 Å². The SMILES string of the molecule is CC(NC(=O)Nc1cccc(SC(F)(F)F)c1)c1nc(C2CC2)no1. The molecule has 1 unspecified atom stereocenters. The van der Waals surface area contributed by atoms with E-state index in [-0.39, 0.29) is 22.3 Å². The van der Waals surface area contributed by atoms with Gasteiger partial charge in [-0.25, -0.2) is 4.79 Å². The van der Waals surface area contributed by atoms with Gasteiger partial charge in [0, 0.05) is 16.5 Å². The van der Waals surface area contributed by atoms with Gasteiger partial charge in [0.05, 0.1) is 0 Å². The van der Waals surface area contributed by atoms with Crippen LogP contribution in [0.2, 0.25) is 0 Å². The van der Waals surface area contributed by atoms with Crippen LogP contribution in [-0.2, 0) is 0 Å². The highest BCUT2D eigenvalue weighted by atomic mass is 32.2. The van der Waals surface area contributed by atoms with Crippen LogP contribution < -0.4 is 10.6 Å². The van der Waals surface area contributed by atoms with E-state index >= 15 is 0 Å². The van der Waals surface area contributed by atoms with Gasteiger partial charge in [0.15, 0.2) is 5.82 Å². The van der Waals surface area contributed by atoms with Gasteiger partial charge in [0.2, 0.25) is 5.89 Å². The van der Waals surface area contributed by atoms with Crippen molar-refractivity contribution in [2.75, 3.05) is 5.32 Å². The lowest BCUT2D eigenvalue weighted by atomic mass is 10.3. The first kappa shape index (κ1) is 17.6. The Kier molecular flexibility index (Phi) is 4.89. The fraction of sp³-hybridized carbons (Fsp3) is 0.400. The van der Waals surface area contributed by atoms with E-state index in [2.05, 4.69) is 20.8 Å². The third-order valence-corrected chi connectivity index (χ3v) is 4.16. The molecule has 0 spiro atoms. The number of carbonyl (C=O) groups excluding carboxylic acids is 1. The number of anilines is 1. The van der Waals surface area contributed by atoms with Crippen LogP contribution in [0.15, 0.2) is 33.7 Å². The molecule has 1 heterocycles. The molecule has 0 radical (unpaired) electrons. The lowest BCUT2D eigenvalue weighted by Crippen LogP contribution is -2.31. The molecular formula is C15H15F3N4O2S. The summed E-state index contributed by atoms with van der Waals surface area (Å²) in [5.41, 5.74) is -4.13. The number of nitrogens with zero attached hydrogens (tertiary/aromatic N) is 2. The first-order chi connectivity index (χ1) is 11.8. The van der Waals surface area contributed by atoms with Crippen LogP contribution in [0.1, 0.15) is 43.4 Å². The number of alkyl halides is 3. The number of halogens is 3. The summed E-state index contributed by atoms with van der Waals surface area (Å²) in [5.74, 6) is 1.27. The molecule has 3 rings (SSSR count). The number of nitrogens with one attached hydrogen (secondary N) is 2. The zero-order valence-corrected chi connectivity index (χ0v) is 13.9. The third kappa shape index (κ3) is 5.12. The largest absolute Gasteiger partial charge is 0.446 e. The summed E-state index contributed by atoms with van der Waals surface area (Å²) in [4.78, 5) is 16.2. The van der Waals surface area contributed by atoms with Crippen molar-refractivity contribution in [2.45, 2.75) is 42.1 Å². The van der Waals surface area contributed by atoms with Crippen LogP contribution in [0.25, 0.3) is 0 Å². The van der Waals surface area contributed by atoms with Gasteiger partial charge in [-0.05, 0) is 49.7 Å². The molecule has 1 aliphatic rings. The number of carbonyl (C=O) groups is 1. The Morgan fingerprint density at radius 2 is 2.16 bits per heavy atom. The molecule has 1 aromatic carbocycles. The second kappa shape index (κ2) is 6.95. The van der Waals surface area contributed by atoms with Crippen molar-refractivity contribution in [1.29, 1.82) is 0 Å². The summed E-state index contributed by atoms with van der Waals surface area (Å²) in [6, 6.07) is 4.41. The molecular weight excluding hydrogens is 357 g/mol. The molecule has 6 nitrogen and oxygen atoms in total. The summed E-state index contributed by atoms with van der Waals surface area (Å²) in [5, 5.41) is 8.97. The highest BCUT2D eigenvalue weighted by molar-refractivity contribution is 8.00. The van der Waals surface area contributed by atoms with Gasteiger partial charge in [-0.3, -0.25) is 0 Å². The normalized spacial score (nSPS) is 15.7. The molecule has 1 aliphatic carbocycles. The molecule has 2 aromatic rings. The minimum absolute atomic E-state index is 0.00988. The van der Waals surface area contributed by atoms with Gasteiger partial charge >= 0.3 is 11.5 Å². The molecule has 0 bridgehead atoms. The summed E-state index contributed by atoms with van der Waals surface area (Å²) in [6.45, 7) is 1.68. The monoisotopic (exact) mass is 372 g/mol. The second-order valence-electron chi connectivity index (χ2n) is 5.66. The second-order valence-corrected chi connectivity index (χ2v) is 6.80. The number of amides is 2. The maximum Gasteiger partial charge on any atom is 0.446 e. The highest BCUT2D eigenvalue weighted by Crippen LogP contribution is 2.38. The minimum Gasteiger partial charge on any atom is -0.337 e. The van der Waals surface area contributed by atoms with Crippen molar-refractivity contribution >= 4 is 23.5 Å². The molecule has 1 aromatic heterocycles. The predicted octanol–water partition coefficient (Wildman–Crippen LogP) is 4.44. The first-order valence-corrected chi connectivity index (χ1v) is 8.38. The smallest absolute Gasteiger partial charge is 0.337 e. The Morgan fingerprint density at radius 1 is 1.40 bits per heavy atom. The quantitative estimate of drug-likeness (QED) is 0.759. The zero-order chi connectivity index (χ0) is 18.0. The molecule has 2 amide bonds. The van der Waals surface area contributed by atoms with Gasteiger partial charge in [-0.2, -0.15) is 18.2 Å². The van der Waals surface area contributed by atoms with Crippen molar-refractivity contribution in [3.8, 4) is 0 Å². The summed E-state index contributed by atoms with van der Waals surface area (Å²) in [7, 11) is 0. The Balaban J connectivity index is 1.57. The van der Waals surface area contributed by atoms with Crippen molar-refractivity contribution in [3.05, 3.63) is 36.0 Å². The van der Waals surface area contributed by atoms with E-state index in [0.717, 1.165) is 12.8 Å². The number of hydrogen-bond donors (Lipinski definition) is 2. The van der Waals surface area contributed by atoms with E-state index in [1.54, 1.807) is 6.92 Å². The fourth-order valence-corrected chi connectivity index (χ4v) is 2.73. The maximum absolute atomic E-state index is 12.4. The van der Waals surface area contributed by atoms with Gasteiger partial charge in [0.25, 0.3) is 0 Å². The first-order valence-electron chi connectivity index (χ1n) is 7.57. The zero-order valence-electron chi connectivity index (χ0n) is 13.1. The van der Waals surface area contributed by atoms with Gasteiger partial charge in [0.1, 0.15) is 6.04 Å². The van der Waals surface area contributed by atoms with Gasteiger partial charge < -0.3 is 15.2 Å². The van der Waals surface area contributed by atoms with Gasteiger partial charge in [-0.1, -0.05) is 11.2 Å². The molecule has 1 atom stereocenters. The topological polar surface area (TPSA) is 80.0 Å². The van der Waals surface area contributed by atoms with Crippen molar-refractivity contribution in [1.82, 2.24) is 15.5 Å². The molecule has 25 heavy (non-hydrogen) atoms. The molecule has 10 heteroatoms. The van der Waals surface area contributed by atoms with Crippen LogP contribution in [0.3, 0.4) is 0 Å². The fourth-order valence-electron chi connectivity index (χ4n) is 2.13. The molecule has 1 fully saturated rings. The standard InChI is InChI=1S/C15H15F3N4O2S/c1-8(13-21-12(22-24-13)9-5-6-9)19-14(23)20-10-3-2-4-11(7-10)25-15(16,17)18/h2-4,7-9H,5-6H2,1H3,(H2,19,20,23). The Morgan fingerprint density at radius 3 is 2.84 bits per heavy atom. The van der Waals surface area contributed by atoms with E-state index in [1.165, 1.54) is 24.3 Å². The van der Waals surface area contributed by atoms with Gasteiger partial charge in [-0.15, -0.1) is 0 Å². The molecule has 134 valence electrons. The number of thioether (sulfide) groups is 1. The van der Waals surface area contributed by atoms with Crippen molar-refractivity contribution in [2.24, 2.45) is 0 Å². The van der Waals surface area contributed by atoms with Crippen LogP contribution >= 0.6 is 11.8 Å². The van der Waals surface area contributed by atoms with E-state index in [1.807, 2.05) is 0 Å². The number of aromatic nitrogens is 2. The predicted molar refractivity (Wildman–Crippen MR) is 85.2 cm³/mol. The third-order valence-electron chi connectivity index (χ3n) is 3.44.